The van der Waals surface area contributed by atoms with Gasteiger partial charge in [0.1, 0.15) is 0 Å². The molecule has 130 valence electrons. The highest BCUT2D eigenvalue weighted by Gasteiger charge is 1.95. The summed E-state index contributed by atoms with van der Waals surface area (Å²) >= 11 is 0. The molecule has 0 radical (unpaired) electrons. The van der Waals surface area contributed by atoms with Gasteiger partial charge in [-0.15, -0.1) is 0 Å². The molecule has 0 saturated carbocycles. The molecule has 1 N–H and O–H groups in total. The molecular weight excluding hydrogens is 278 g/mol. The molecule has 0 saturated heterocycles. The predicted octanol–water partition coefficient (Wildman–Crippen LogP) is 6.64. The predicted molar refractivity (Wildman–Crippen MR) is 104 cm³/mol. The van der Waals surface area contributed by atoms with Crippen molar-refractivity contribution in [3.63, 3.8) is 0 Å². The van der Waals surface area contributed by atoms with Crippen molar-refractivity contribution in [3.05, 3.63) is 48.7 Å². The summed E-state index contributed by atoms with van der Waals surface area (Å²) in [6.07, 6.45) is 19.9. The minimum absolute atomic E-state index is 1.09. The first-order chi connectivity index (χ1) is 11.4. The summed E-state index contributed by atoms with van der Waals surface area (Å²) in [7, 11) is 0. The second kappa shape index (κ2) is 15.6. The third kappa shape index (κ3) is 12.9. The number of rotatable bonds is 16. The van der Waals surface area contributed by atoms with E-state index in [9.17, 15) is 0 Å². The maximum atomic E-state index is 3.66. The molecule has 0 aromatic heterocycles. The Morgan fingerprint density at radius 3 is 1.65 bits per heavy atom. The molecular formula is C22H37N. The van der Waals surface area contributed by atoms with Crippen LogP contribution in [0.2, 0.25) is 0 Å². The molecule has 0 spiro atoms. The van der Waals surface area contributed by atoms with Crippen molar-refractivity contribution in [1.82, 2.24) is 5.32 Å². The van der Waals surface area contributed by atoms with E-state index in [0.717, 1.165) is 6.54 Å². The van der Waals surface area contributed by atoms with Crippen LogP contribution in [0.4, 0.5) is 0 Å². The molecule has 1 heteroatoms. The zero-order valence-electron chi connectivity index (χ0n) is 15.1. The maximum absolute atomic E-state index is 3.66. The van der Waals surface area contributed by atoms with E-state index in [2.05, 4.69) is 42.2 Å². The SMILES string of the molecule is C=CNCCCCCCCCCCCCCCc1ccccc1. The molecule has 0 fully saturated rings. The molecule has 0 amide bonds. The number of unbranched alkanes of at least 4 members (excludes halogenated alkanes) is 11. The second-order valence-corrected chi connectivity index (χ2v) is 6.64. The number of aryl methyl sites for hydroxylation is 1. The van der Waals surface area contributed by atoms with Gasteiger partial charge in [-0.25, -0.2) is 0 Å². The average Bonchev–Trinajstić information content (AvgIpc) is 2.59. The summed E-state index contributed by atoms with van der Waals surface area (Å²) in [5.41, 5.74) is 1.49. The molecule has 1 rings (SSSR count). The largest absolute Gasteiger partial charge is 0.391 e. The minimum atomic E-state index is 1.09. The first-order valence-corrected chi connectivity index (χ1v) is 9.81. The quantitative estimate of drug-likeness (QED) is 0.337. The standard InChI is InChI=1S/C22H37N/c1-2-23-21-17-12-10-8-6-4-3-5-7-9-11-14-18-22-19-15-13-16-20-22/h2,13,15-16,19-20,23H,1,3-12,14,17-18,21H2. The van der Waals surface area contributed by atoms with E-state index in [1.807, 2.05) is 0 Å². The van der Waals surface area contributed by atoms with Crippen molar-refractivity contribution in [2.45, 2.75) is 83.5 Å². The van der Waals surface area contributed by atoms with Crippen LogP contribution in [-0.4, -0.2) is 6.54 Å². The van der Waals surface area contributed by atoms with Crippen molar-refractivity contribution < 1.29 is 0 Å². The summed E-state index contributed by atoms with van der Waals surface area (Å²) in [6, 6.07) is 10.9. The Morgan fingerprint density at radius 1 is 0.652 bits per heavy atom. The van der Waals surface area contributed by atoms with Crippen LogP contribution in [0.15, 0.2) is 43.1 Å². The Balaban J connectivity index is 1.72. The highest BCUT2D eigenvalue weighted by molar-refractivity contribution is 5.14. The van der Waals surface area contributed by atoms with Gasteiger partial charge >= 0.3 is 0 Å². The van der Waals surface area contributed by atoms with Crippen LogP contribution in [-0.2, 0) is 6.42 Å². The summed E-state index contributed by atoms with van der Waals surface area (Å²) in [4.78, 5) is 0. The van der Waals surface area contributed by atoms with E-state index < -0.39 is 0 Å². The van der Waals surface area contributed by atoms with Crippen molar-refractivity contribution in [1.29, 1.82) is 0 Å². The van der Waals surface area contributed by atoms with E-state index in [-0.39, 0.29) is 0 Å². The first-order valence-electron chi connectivity index (χ1n) is 9.81. The fourth-order valence-corrected chi connectivity index (χ4v) is 3.07. The fraction of sp³-hybridized carbons (Fsp3) is 0.636. The van der Waals surface area contributed by atoms with Gasteiger partial charge in [0.15, 0.2) is 0 Å². The van der Waals surface area contributed by atoms with Crippen LogP contribution in [0.3, 0.4) is 0 Å². The van der Waals surface area contributed by atoms with Gasteiger partial charge < -0.3 is 5.32 Å². The van der Waals surface area contributed by atoms with Crippen LogP contribution in [0.1, 0.15) is 82.6 Å². The van der Waals surface area contributed by atoms with Crippen LogP contribution < -0.4 is 5.32 Å². The molecule has 1 aromatic carbocycles. The van der Waals surface area contributed by atoms with Gasteiger partial charge in [-0.05, 0) is 31.0 Å². The van der Waals surface area contributed by atoms with Crippen molar-refractivity contribution in [3.8, 4) is 0 Å². The van der Waals surface area contributed by atoms with Crippen LogP contribution >= 0.6 is 0 Å². The van der Waals surface area contributed by atoms with Gasteiger partial charge in [0.05, 0.1) is 0 Å². The lowest BCUT2D eigenvalue weighted by Gasteiger charge is -2.04. The molecule has 0 aliphatic heterocycles. The van der Waals surface area contributed by atoms with E-state index in [1.54, 1.807) is 6.20 Å². The van der Waals surface area contributed by atoms with E-state index in [4.69, 9.17) is 0 Å². The van der Waals surface area contributed by atoms with Crippen LogP contribution in [0.5, 0.6) is 0 Å². The summed E-state index contributed by atoms with van der Waals surface area (Å²) in [5, 5.41) is 3.16. The lowest BCUT2D eigenvalue weighted by molar-refractivity contribution is 0.539. The Bertz CT molecular complexity index is 357. The van der Waals surface area contributed by atoms with Gasteiger partial charge in [0.25, 0.3) is 0 Å². The number of hydrogen-bond acceptors (Lipinski definition) is 1. The highest BCUT2D eigenvalue weighted by Crippen LogP contribution is 2.13. The topological polar surface area (TPSA) is 12.0 Å². The molecule has 0 atom stereocenters. The normalized spacial score (nSPS) is 10.6. The molecule has 0 heterocycles. The first kappa shape index (κ1) is 19.8. The van der Waals surface area contributed by atoms with Gasteiger partial charge in [-0.2, -0.15) is 0 Å². The van der Waals surface area contributed by atoms with Gasteiger partial charge in [0, 0.05) is 6.54 Å². The average molecular weight is 316 g/mol. The molecule has 1 nitrogen and oxygen atoms in total. The number of benzene rings is 1. The van der Waals surface area contributed by atoms with E-state index >= 15 is 0 Å². The molecule has 1 aromatic rings. The Labute approximate surface area is 144 Å². The Hall–Kier alpha value is -1.24. The number of nitrogens with one attached hydrogen (secondary N) is 1. The van der Waals surface area contributed by atoms with Crippen molar-refractivity contribution in [2.24, 2.45) is 0 Å². The Morgan fingerprint density at radius 2 is 1.13 bits per heavy atom. The molecule has 0 aliphatic carbocycles. The third-order valence-electron chi connectivity index (χ3n) is 4.52. The smallest absolute Gasteiger partial charge is 0.0141 e. The van der Waals surface area contributed by atoms with Crippen molar-refractivity contribution >= 4 is 0 Å². The second-order valence-electron chi connectivity index (χ2n) is 6.64. The summed E-state index contributed by atoms with van der Waals surface area (Å²) in [5.74, 6) is 0. The van der Waals surface area contributed by atoms with E-state index in [0.29, 0.717) is 0 Å². The van der Waals surface area contributed by atoms with Crippen LogP contribution in [0.25, 0.3) is 0 Å². The number of hydrogen-bond donors (Lipinski definition) is 1. The molecule has 0 bridgehead atoms. The van der Waals surface area contributed by atoms with Gasteiger partial charge in [-0.3, -0.25) is 0 Å². The minimum Gasteiger partial charge on any atom is -0.391 e. The molecule has 0 unspecified atom stereocenters. The highest BCUT2D eigenvalue weighted by atomic mass is 14.8. The zero-order valence-corrected chi connectivity index (χ0v) is 15.1. The lowest BCUT2D eigenvalue weighted by Crippen LogP contribution is -2.05. The third-order valence-corrected chi connectivity index (χ3v) is 4.52. The maximum Gasteiger partial charge on any atom is 0.0141 e. The molecule has 23 heavy (non-hydrogen) atoms. The molecule has 0 aliphatic rings. The van der Waals surface area contributed by atoms with Crippen LogP contribution in [0, 0.1) is 0 Å². The Kier molecular flexibility index (Phi) is 13.5. The summed E-state index contributed by atoms with van der Waals surface area (Å²) in [6.45, 7) is 4.75. The van der Waals surface area contributed by atoms with Gasteiger partial charge in [-0.1, -0.05) is 101 Å². The van der Waals surface area contributed by atoms with Crippen molar-refractivity contribution in [2.75, 3.05) is 6.54 Å². The summed E-state index contributed by atoms with van der Waals surface area (Å²) < 4.78 is 0. The zero-order chi connectivity index (χ0) is 16.4. The monoisotopic (exact) mass is 315 g/mol. The lowest BCUT2D eigenvalue weighted by atomic mass is 10.0. The fourth-order valence-electron chi connectivity index (χ4n) is 3.07. The van der Waals surface area contributed by atoms with E-state index in [1.165, 1.54) is 89.0 Å². The van der Waals surface area contributed by atoms with Gasteiger partial charge in [0.2, 0.25) is 0 Å².